The maximum atomic E-state index is 6.13. The number of aryl methyl sites for hydroxylation is 1. The topological polar surface area (TPSA) is 12.0 Å². The number of nitrogens with one attached hydrogen (secondary N) is 1. The SMILES string of the molecule is Cc1cc(Br)ccc1NCc1ccc(Cl)cc1Cl. The molecule has 0 fully saturated rings. The van der Waals surface area contributed by atoms with Gasteiger partial charge in [-0.05, 0) is 48.4 Å². The highest BCUT2D eigenvalue weighted by Crippen LogP contribution is 2.24. The predicted octanol–water partition coefficient (Wildman–Crippen LogP) is 5.68. The second-order valence-electron chi connectivity index (χ2n) is 4.05. The van der Waals surface area contributed by atoms with Gasteiger partial charge in [-0.15, -0.1) is 0 Å². The second kappa shape index (κ2) is 5.96. The number of hydrogen-bond donors (Lipinski definition) is 1. The maximum absolute atomic E-state index is 6.13. The Morgan fingerprint density at radius 2 is 1.89 bits per heavy atom. The molecule has 2 rings (SSSR count). The van der Waals surface area contributed by atoms with Gasteiger partial charge in [0.25, 0.3) is 0 Å². The molecule has 0 aliphatic rings. The molecule has 0 aliphatic heterocycles. The largest absolute Gasteiger partial charge is 0.381 e. The Bertz CT molecular complexity index is 518. The first kappa shape index (κ1) is 13.7. The van der Waals surface area contributed by atoms with E-state index < -0.39 is 0 Å². The Morgan fingerprint density at radius 1 is 1.11 bits per heavy atom. The molecule has 0 spiro atoms. The van der Waals surface area contributed by atoms with Gasteiger partial charge in [-0.3, -0.25) is 0 Å². The van der Waals surface area contributed by atoms with Gasteiger partial charge in [0, 0.05) is 26.8 Å². The monoisotopic (exact) mass is 343 g/mol. The minimum atomic E-state index is 0.656. The zero-order chi connectivity index (χ0) is 13.1. The summed E-state index contributed by atoms with van der Waals surface area (Å²) in [6.45, 7) is 2.75. The standard InChI is InChI=1S/C14H12BrCl2N/c1-9-6-11(15)3-5-14(9)18-8-10-2-4-12(16)7-13(10)17/h2-7,18H,8H2,1H3. The van der Waals surface area contributed by atoms with Gasteiger partial charge >= 0.3 is 0 Å². The summed E-state index contributed by atoms with van der Waals surface area (Å²) in [5, 5.41) is 4.71. The van der Waals surface area contributed by atoms with Crippen LogP contribution < -0.4 is 5.32 Å². The molecule has 0 radical (unpaired) electrons. The molecule has 0 bridgehead atoms. The van der Waals surface area contributed by atoms with Gasteiger partial charge in [-0.1, -0.05) is 45.2 Å². The van der Waals surface area contributed by atoms with Crippen LogP contribution in [-0.2, 0) is 6.54 Å². The van der Waals surface area contributed by atoms with Crippen LogP contribution in [0.3, 0.4) is 0 Å². The van der Waals surface area contributed by atoms with Gasteiger partial charge in [-0.25, -0.2) is 0 Å². The third-order valence-corrected chi connectivity index (χ3v) is 3.75. The zero-order valence-electron chi connectivity index (χ0n) is 9.81. The maximum Gasteiger partial charge on any atom is 0.0470 e. The van der Waals surface area contributed by atoms with Gasteiger partial charge in [0.2, 0.25) is 0 Å². The highest BCUT2D eigenvalue weighted by atomic mass is 79.9. The van der Waals surface area contributed by atoms with Crippen molar-refractivity contribution < 1.29 is 0 Å². The van der Waals surface area contributed by atoms with E-state index >= 15 is 0 Å². The number of benzene rings is 2. The van der Waals surface area contributed by atoms with Gasteiger partial charge in [0.05, 0.1) is 0 Å². The molecule has 0 saturated heterocycles. The molecule has 1 N–H and O–H groups in total. The highest BCUT2D eigenvalue weighted by Gasteiger charge is 2.03. The molecule has 0 atom stereocenters. The summed E-state index contributed by atoms with van der Waals surface area (Å²) in [6, 6.07) is 11.7. The average molecular weight is 345 g/mol. The molecule has 94 valence electrons. The van der Waals surface area contributed by atoms with E-state index in [-0.39, 0.29) is 0 Å². The first-order valence-corrected chi connectivity index (χ1v) is 7.05. The lowest BCUT2D eigenvalue weighted by molar-refractivity contribution is 1.14. The van der Waals surface area contributed by atoms with E-state index in [1.54, 1.807) is 6.07 Å². The van der Waals surface area contributed by atoms with E-state index in [9.17, 15) is 0 Å². The molecule has 0 aromatic heterocycles. The van der Waals surface area contributed by atoms with Crippen LogP contribution in [0.4, 0.5) is 5.69 Å². The van der Waals surface area contributed by atoms with Crippen LogP contribution in [0, 0.1) is 6.92 Å². The fourth-order valence-electron chi connectivity index (χ4n) is 1.68. The fraction of sp³-hybridized carbons (Fsp3) is 0.143. The number of rotatable bonds is 3. The number of hydrogen-bond acceptors (Lipinski definition) is 1. The normalized spacial score (nSPS) is 10.4. The van der Waals surface area contributed by atoms with Crippen molar-refractivity contribution in [3.05, 3.63) is 62.0 Å². The summed E-state index contributed by atoms with van der Waals surface area (Å²) in [6.07, 6.45) is 0. The van der Waals surface area contributed by atoms with Crippen LogP contribution in [0.25, 0.3) is 0 Å². The van der Waals surface area contributed by atoms with Crippen molar-refractivity contribution in [2.24, 2.45) is 0 Å². The molecule has 4 heteroatoms. The Morgan fingerprint density at radius 3 is 2.56 bits per heavy atom. The molecular weight excluding hydrogens is 333 g/mol. The molecule has 0 amide bonds. The minimum Gasteiger partial charge on any atom is -0.381 e. The van der Waals surface area contributed by atoms with E-state index in [2.05, 4.69) is 34.2 Å². The summed E-state index contributed by atoms with van der Waals surface area (Å²) in [5.74, 6) is 0. The molecule has 0 aliphatic carbocycles. The molecule has 0 saturated carbocycles. The van der Waals surface area contributed by atoms with Crippen LogP contribution >= 0.6 is 39.1 Å². The van der Waals surface area contributed by atoms with Crippen molar-refractivity contribution in [1.82, 2.24) is 0 Å². The molecule has 2 aromatic carbocycles. The summed E-state index contributed by atoms with van der Waals surface area (Å²) in [5.41, 5.74) is 3.32. The van der Waals surface area contributed by atoms with Crippen LogP contribution in [0.2, 0.25) is 10.0 Å². The summed E-state index contributed by atoms with van der Waals surface area (Å²) >= 11 is 15.4. The van der Waals surface area contributed by atoms with Crippen molar-refractivity contribution in [1.29, 1.82) is 0 Å². The van der Waals surface area contributed by atoms with E-state index in [4.69, 9.17) is 23.2 Å². The smallest absolute Gasteiger partial charge is 0.0470 e. The average Bonchev–Trinajstić information content (AvgIpc) is 2.30. The first-order chi connectivity index (χ1) is 8.56. The van der Waals surface area contributed by atoms with Crippen molar-refractivity contribution >= 4 is 44.8 Å². The van der Waals surface area contributed by atoms with E-state index in [0.717, 1.165) is 15.7 Å². The van der Waals surface area contributed by atoms with Crippen LogP contribution in [0.1, 0.15) is 11.1 Å². The Balaban J connectivity index is 2.11. The molecule has 18 heavy (non-hydrogen) atoms. The summed E-state index contributed by atoms with van der Waals surface area (Å²) < 4.78 is 1.08. The Hall–Kier alpha value is -0.700. The molecule has 0 heterocycles. The lowest BCUT2D eigenvalue weighted by Crippen LogP contribution is -2.01. The number of anilines is 1. The van der Waals surface area contributed by atoms with Crippen molar-refractivity contribution in [2.75, 3.05) is 5.32 Å². The van der Waals surface area contributed by atoms with Crippen molar-refractivity contribution in [2.45, 2.75) is 13.5 Å². The van der Waals surface area contributed by atoms with Crippen molar-refractivity contribution in [3.63, 3.8) is 0 Å². The van der Waals surface area contributed by atoms with Gasteiger partial charge < -0.3 is 5.32 Å². The molecular formula is C14H12BrCl2N. The van der Waals surface area contributed by atoms with Gasteiger partial charge in [-0.2, -0.15) is 0 Å². The Labute approximate surface area is 125 Å². The second-order valence-corrected chi connectivity index (χ2v) is 5.81. The zero-order valence-corrected chi connectivity index (χ0v) is 12.9. The van der Waals surface area contributed by atoms with Crippen LogP contribution in [0.5, 0.6) is 0 Å². The van der Waals surface area contributed by atoms with E-state index in [1.807, 2.05) is 24.3 Å². The summed E-state index contributed by atoms with van der Waals surface area (Å²) in [4.78, 5) is 0. The van der Waals surface area contributed by atoms with Crippen molar-refractivity contribution in [3.8, 4) is 0 Å². The summed E-state index contributed by atoms with van der Waals surface area (Å²) in [7, 11) is 0. The van der Waals surface area contributed by atoms with E-state index in [1.165, 1.54) is 5.56 Å². The first-order valence-electron chi connectivity index (χ1n) is 5.50. The van der Waals surface area contributed by atoms with Crippen LogP contribution in [-0.4, -0.2) is 0 Å². The van der Waals surface area contributed by atoms with Crippen LogP contribution in [0.15, 0.2) is 40.9 Å². The minimum absolute atomic E-state index is 0.656. The quantitative estimate of drug-likeness (QED) is 0.755. The molecule has 2 aromatic rings. The molecule has 1 nitrogen and oxygen atoms in total. The third kappa shape index (κ3) is 3.41. The highest BCUT2D eigenvalue weighted by molar-refractivity contribution is 9.10. The number of halogens is 3. The Kier molecular flexibility index (Phi) is 4.55. The lowest BCUT2D eigenvalue weighted by atomic mass is 10.2. The van der Waals surface area contributed by atoms with Gasteiger partial charge in [0.15, 0.2) is 0 Å². The lowest BCUT2D eigenvalue weighted by Gasteiger charge is -2.11. The van der Waals surface area contributed by atoms with Gasteiger partial charge in [0.1, 0.15) is 0 Å². The molecule has 0 unspecified atom stereocenters. The third-order valence-electron chi connectivity index (χ3n) is 2.67. The van der Waals surface area contributed by atoms with E-state index in [0.29, 0.717) is 16.6 Å². The fourth-order valence-corrected chi connectivity index (χ4v) is 2.63. The predicted molar refractivity (Wildman–Crippen MR) is 82.7 cm³/mol.